The molecule has 0 radical (unpaired) electrons. The smallest absolute Gasteiger partial charge is 0.367 e. The summed E-state index contributed by atoms with van der Waals surface area (Å²) < 4.78 is 18.9. The monoisotopic (exact) mass is 298 g/mol. The van der Waals surface area contributed by atoms with Gasteiger partial charge in [-0.1, -0.05) is 48.0 Å². The molecule has 0 aromatic heterocycles. The van der Waals surface area contributed by atoms with Crippen molar-refractivity contribution in [1.82, 2.24) is 0 Å². The molecule has 0 fully saturated rings. The van der Waals surface area contributed by atoms with Crippen LogP contribution < -0.4 is 0 Å². The molecule has 0 atom stereocenters. The number of methoxy groups -OCH3 is 1. The number of esters is 1. The maximum absolute atomic E-state index is 14.4. The van der Waals surface area contributed by atoms with Crippen molar-refractivity contribution in [2.45, 2.75) is 20.3 Å². The molecule has 2 aromatic carbocycles. The Bertz CT molecular complexity index is 757. The summed E-state index contributed by atoms with van der Waals surface area (Å²) in [6.45, 7) is 3.80. The quantitative estimate of drug-likeness (QED) is 0.448. The highest BCUT2D eigenvalue weighted by Gasteiger charge is 2.18. The molecule has 0 saturated heterocycles. The molecule has 0 aliphatic rings. The fourth-order valence-corrected chi connectivity index (χ4v) is 2.28. The lowest BCUT2D eigenvalue weighted by Gasteiger charge is -2.11. The first-order valence-electron chi connectivity index (χ1n) is 7.14. The molecule has 0 amide bonds. The van der Waals surface area contributed by atoms with Gasteiger partial charge < -0.3 is 4.74 Å². The summed E-state index contributed by atoms with van der Waals surface area (Å²) in [7, 11) is 1.18. The zero-order valence-electron chi connectivity index (χ0n) is 13.0. The van der Waals surface area contributed by atoms with E-state index in [2.05, 4.69) is 4.74 Å². The van der Waals surface area contributed by atoms with E-state index in [4.69, 9.17) is 0 Å². The molecule has 3 heteroatoms. The van der Waals surface area contributed by atoms with E-state index in [1.165, 1.54) is 7.11 Å². The van der Waals surface area contributed by atoms with Crippen molar-refractivity contribution in [1.29, 1.82) is 0 Å². The normalized spacial score (nSPS) is 13.0. The molecule has 0 aliphatic heterocycles. The van der Waals surface area contributed by atoms with Crippen molar-refractivity contribution < 1.29 is 13.9 Å². The number of rotatable bonds is 4. The first kappa shape index (κ1) is 16.0. The van der Waals surface area contributed by atoms with Gasteiger partial charge in [0.1, 0.15) is 0 Å². The summed E-state index contributed by atoms with van der Waals surface area (Å²) in [6.07, 6.45) is 2.28. The molecule has 0 aliphatic carbocycles. The summed E-state index contributed by atoms with van der Waals surface area (Å²) >= 11 is 0. The van der Waals surface area contributed by atoms with Crippen LogP contribution in [0.4, 0.5) is 4.39 Å². The number of hydrogen-bond acceptors (Lipinski definition) is 2. The molecule has 2 nitrogen and oxygen atoms in total. The third kappa shape index (κ3) is 3.42. The van der Waals surface area contributed by atoms with E-state index in [-0.39, 0.29) is 0 Å². The minimum Gasteiger partial charge on any atom is -0.464 e. The molecule has 0 heterocycles. The van der Waals surface area contributed by atoms with Crippen LogP contribution in [-0.2, 0) is 9.53 Å². The van der Waals surface area contributed by atoms with E-state index in [0.717, 1.165) is 16.3 Å². The summed E-state index contributed by atoms with van der Waals surface area (Å²) in [5.74, 6) is -1.77. The molecular formula is C19H19FO2. The van der Waals surface area contributed by atoms with Crippen molar-refractivity contribution in [3.8, 4) is 0 Å². The highest BCUT2D eigenvalue weighted by molar-refractivity contribution is 5.97. The molecule has 22 heavy (non-hydrogen) atoms. The van der Waals surface area contributed by atoms with Crippen LogP contribution in [0.2, 0.25) is 0 Å². The number of carbonyl (C=O) groups is 1. The Morgan fingerprint density at radius 1 is 1.18 bits per heavy atom. The van der Waals surface area contributed by atoms with Gasteiger partial charge in [-0.2, -0.15) is 4.39 Å². The van der Waals surface area contributed by atoms with Crippen molar-refractivity contribution >= 4 is 22.3 Å². The lowest BCUT2D eigenvalue weighted by Crippen LogP contribution is -2.04. The molecule has 2 aromatic rings. The fraction of sp³-hybridized carbons (Fsp3) is 0.211. The maximum atomic E-state index is 14.4. The maximum Gasteiger partial charge on any atom is 0.367 e. The highest BCUT2D eigenvalue weighted by atomic mass is 19.1. The molecule has 114 valence electrons. The number of ether oxygens (including phenoxy) is 1. The zero-order chi connectivity index (χ0) is 16.1. The third-order valence-electron chi connectivity index (χ3n) is 3.68. The second kappa shape index (κ2) is 7.03. The summed E-state index contributed by atoms with van der Waals surface area (Å²) in [4.78, 5) is 11.6. The second-order valence-electron chi connectivity index (χ2n) is 5.16. The third-order valence-corrected chi connectivity index (χ3v) is 3.68. The van der Waals surface area contributed by atoms with Crippen molar-refractivity contribution in [3.63, 3.8) is 0 Å². The van der Waals surface area contributed by atoms with Crippen LogP contribution in [-0.4, -0.2) is 13.1 Å². The number of halogens is 1. The van der Waals surface area contributed by atoms with Gasteiger partial charge in [0.15, 0.2) is 0 Å². The Morgan fingerprint density at radius 3 is 2.50 bits per heavy atom. The number of fused-ring (bicyclic) bond motifs is 1. The van der Waals surface area contributed by atoms with Crippen molar-refractivity contribution in [2.24, 2.45) is 0 Å². The fourth-order valence-electron chi connectivity index (χ4n) is 2.28. The molecule has 2 rings (SSSR count). The topological polar surface area (TPSA) is 26.3 Å². The van der Waals surface area contributed by atoms with E-state index < -0.39 is 11.8 Å². The van der Waals surface area contributed by atoms with Crippen molar-refractivity contribution in [3.05, 3.63) is 65.5 Å². The van der Waals surface area contributed by atoms with Gasteiger partial charge in [0.25, 0.3) is 0 Å². The average Bonchev–Trinajstić information content (AvgIpc) is 2.57. The summed E-state index contributed by atoms with van der Waals surface area (Å²) in [5.41, 5.74) is 2.04. The van der Waals surface area contributed by atoms with Crippen LogP contribution in [0, 0.1) is 0 Å². The van der Waals surface area contributed by atoms with Crippen LogP contribution in [0.25, 0.3) is 16.3 Å². The van der Waals surface area contributed by atoms with E-state index in [0.29, 0.717) is 17.6 Å². The number of carbonyl (C=O) groups excluding carboxylic acids is 1. The van der Waals surface area contributed by atoms with Crippen LogP contribution in [0.1, 0.15) is 25.8 Å². The van der Waals surface area contributed by atoms with Gasteiger partial charge in [-0.25, -0.2) is 4.79 Å². The lowest BCUT2D eigenvalue weighted by atomic mass is 9.95. The first-order valence-corrected chi connectivity index (χ1v) is 7.14. The van der Waals surface area contributed by atoms with Gasteiger partial charge >= 0.3 is 5.97 Å². The molecular weight excluding hydrogens is 279 g/mol. The SMILES string of the molecule is C/C=C(\C)C/C(=C(/F)C(=O)OC)c1ccc2ccccc2c1. The Hall–Kier alpha value is -2.42. The van der Waals surface area contributed by atoms with Gasteiger partial charge in [-0.05, 0) is 42.7 Å². The Morgan fingerprint density at radius 2 is 1.86 bits per heavy atom. The number of allylic oxidation sites excluding steroid dienone is 3. The van der Waals surface area contributed by atoms with E-state index in [1.807, 2.05) is 62.4 Å². The summed E-state index contributed by atoms with van der Waals surface area (Å²) in [5, 5.41) is 2.08. The average molecular weight is 298 g/mol. The molecule has 0 unspecified atom stereocenters. The van der Waals surface area contributed by atoms with Gasteiger partial charge in [-0.3, -0.25) is 0 Å². The predicted octanol–water partition coefficient (Wildman–Crippen LogP) is 5.05. The molecule has 0 bridgehead atoms. The van der Waals surface area contributed by atoms with Crippen LogP contribution in [0.15, 0.2) is 59.9 Å². The van der Waals surface area contributed by atoms with Crippen LogP contribution in [0.5, 0.6) is 0 Å². The Balaban J connectivity index is 2.58. The zero-order valence-corrected chi connectivity index (χ0v) is 13.0. The van der Waals surface area contributed by atoms with Crippen LogP contribution in [0.3, 0.4) is 0 Å². The predicted molar refractivity (Wildman–Crippen MR) is 88.0 cm³/mol. The number of hydrogen-bond donors (Lipinski definition) is 0. The Kier molecular flexibility index (Phi) is 5.10. The largest absolute Gasteiger partial charge is 0.464 e. The Labute approximate surface area is 129 Å². The van der Waals surface area contributed by atoms with Gasteiger partial charge in [0.05, 0.1) is 7.11 Å². The first-order chi connectivity index (χ1) is 10.6. The summed E-state index contributed by atoms with van der Waals surface area (Å²) in [6, 6.07) is 13.5. The second-order valence-corrected chi connectivity index (χ2v) is 5.16. The molecule has 0 spiro atoms. The molecule has 0 saturated carbocycles. The number of benzene rings is 2. The minimum absolute atomic E-state index is 0.355. The standard InChI is InChI=1S/C19H19FO2/c1-4-13(2)11-17(18(20)19(21)22-3)16-10-9-14-7-5-6-8-15(14)12-16/h4-10,12H,11H2,1-3H3/b13-4+,18-17-. The van der Waals surface area contributed by atoms with Gasteiger partial charge in [0, 0.05) is 5.57 Å². The van der Waals surface area contributed by atoms with Gasteiger partial charge in [-0.15, -0.1) is 0 Å². The van der Waals surface area contributed by atoms with E-state index >= 15 is 0 Å². The van der Waals surface area contributed by atoms with Crippen molar-refractivity contribution in [2.75, 3.05) is 7.11 Å². The highest BCUT2D eigenvalue weighted by Crippen LogP contribution is 2.29. The van der Waals surface area contributed by atoms with E-state index in [9.17, 15) is 9.18 Å². The minimum atomic E-state index is -0.938. The lowest BCUT2D eigenvalue weighted by molar-refractivity contribution is -0.137. The van der Waals surface area contributed by atoms with E-state index in [1.54, 1.807) is 0 Å². The van der Waals surface area contributed by atoms with Gasteiger partial charge in [0.2, 0.25) is 5.83 Å². The van der Waals surface area contributed by atoms with Crippen LogP contribution >= 0.6 is 0 Å². The molecule has 0 N–H and O–H groups in total.